The summed E-state index contributed by atoms with van der Waals surface area (Å²) in [6.07, 6.45) is 3.70. The van der Waals surface area contributed by atoms with Crippen LogP contribution >= 0.6 is 11.6 Å². The number of amides is 1. The van der Waals surface area contributed by atoms with Crippen LogP contribution in [0.2, 0.25) is 5.02 Å². The van der Waals surface area contributed by atoms with E-state index in [1.165, 1.54) is 24.9 Å². The molecule has 1 fully saturated rings. The number of anilines is 2. The molecule has 1 heterocycles. The highest BCUT2D eigenvalue weighted by Gasteiger charge is 2.29. The van der Waals surface area contributed by atoms with Gasteiger partial charge in [0.25, 0.3) is 10.0 Å². The SMILES string of the molecule is Cc1ccc(S(=O)(=O)N(CC(=O)NC(C)c2ccc(N3CCCCC3)cc2)c2ccc(Cl)cc2C)cc1. The maximum absolute atomic E-state index is 13.7. The molecule has 1 aliphatic rings. The molecule has 4 rings (SSSR count). The van der Waals surface area contributed by atoms with Gasteiger partial charge in [-0.1, -0.05) is 41.4 Å². The second-order valence-corrected chi connectivity index (χ2v) is 12.0. The molecule has 0 bridgehead atoms. The van der Waals surface area contributed by atoms with Crippen molar-refractivity contribution in [1.82, 2.24) is 5.32 Å². The van der Waals surface area contributed by atoms with Crippen molar-refractivity contribution in [2.24, 2.45) is 0 Å². The minimum absolute atomic E-state index is 0.126. The molecule has 196 valence electrons. The average molecular weight is 540 g/mol. The smallest absolute Gasteiger partial charge is 0.264 e. The van der Waals surface area contributed by atoms with Crippen LogP contribution < -0.4 is 14.5 Å². The molecular formula is C29H34ClN3O3S. The molecule has 6 nitrogen and oxygen atoms in total. The molecule has 0 aliphatic carbocycles. The van der Waals surface area contributed by atoms with E-state index in [0.29, 0.717) is 16.3 Å². The molecule has 8 heteroatoms. The Morgan fingerprint density at radius 1 is 0.973 bits per heavy atom. The largest absolute Gasteiger partial charge is 0.372 e. The van der Waals surface area contributed by atoms with Gasteiger partial charge >= 0.3 is 0 Å². The van der Waals surface area contributed by atoms with Crippen LogP contribution in [0.1, 0.15) is 48.9 Å². The van der Waals surface area contributed by atoms with Crippen molar-refractivity contribution in [1.29, 1.82) is 0 Å². The van der Waals surface area contributed by atoms with E-state index in [1.54, 1.807) is 49.4 Å². The molecule has 0 saturated carbocycles. The highest BCUT2D eigenvalue weighted by atomic mass is 35.5. The van der Waals surface area contributed by atoms with E-state index in [0.717, 1.165) is 28.5 Å². The van der Waals surface area contributed by atoms with Gasteiger partial charge in [0.2, 0.25) is 5.91 Å². The fraction of sp³-hybridized carbons (Fsp3) is 0.345. The summed E-state index contributed by atoms with van der Waals surface area (Å²) in [5, 5.41) is 3.47. The Hall–Kier alpha value is -3.03. The maximum Gasteiger partial charge on any atom is 0.264 e. The number of piperidine rings is 1. The van der Waals surface area contributed by atoms with Gasteiger partial charge in [-0.25, -0.2) is 8.42 Å². The van der Waals surface area contributed by atoms with E-state index in [4.69, 9.17) is 11.6 Å². The van der Waals surface area contributed by atoms with Crippen LogP contribution in [0.15, 0.2) is 71.6 Å². The molecule has 1 atom stereocenters. The van der Waals surface area contributed by atoms with Gasteiger partial charge in [0, 0.05) is 23.8 Å². The molecule has 37 heavy (non-hydrogen) atoms. The Labute approximate surface area is 225 Å². The zero-order valence-electron chi connectivity index (χ0n) is 21.6. The zero-order chi connectivity index (χ0) is 26.6. The van der Waals surface area contributed by atoms with Gasteiger partial charge < -0.3 is 10.2 Å². The molecule has 1 unspecified atom stereocenters. The molecule has 0 aromatic heterocycles. The van der Waals surface area contributed by atoms with Crippen LogP contribution in [-0.4, -0.2) is 34.0 Å². The lowest BCUT2D eigenvalue weighted by atomic mass is 10.1. The monoisotopic (exact) mass is 539 g/mol. The predicted octanol–water partition coefficient (Wildman–Crippen LogP) is 6.02. The topological polar surface area (TPSA) is 69.7 Å². The number of carbonyl (C=O) groups is 1. The quantitative estimate of drug-likeness (QED) is 0.380. The highest BCUT2D eigenvalue weighted by Crippen LogP contribution is 2.29. The van der Waals surface area contributed by atoms with Gasteiger partial charge in [0.1, 0.15) is 6.54 Å². The van der Waals surface area contributed by atoms with Gasteiger partial charge in [-0.3, -0.25) is 9.10 Å². The first kappa shape index (κ1) is 27.0. The van der Waals surface area contributed by atoms with E-state index < -0.39 is 15.9 Å². The van der Waals surface area contributed by atoms with E-state index in [-0.39, 0.29) is 17.5 Å². The normalized spacial score (nSPS) is 14.8. The molecule has 1 amide bonds. The van der Waals surface area contributed by atoms with E-state index in [1.807, 2.05) is 26.0 Å². The average Bonchev–Trinajstić information content (AvgIpc) is 2.88. The van der Waals surface area contributed by atoms with Gasteiger partial charge in [-0.2, -0.15) is 0 Å². The number of aryl methyl sites for hydroxylation is 2. The standard InChI is InChI=1S/C29H34ClN3O3S/c1-21-7-14-27(15-8-21)37(35,36)33(28-16-11-25(30)19-22(28)2)20-29(34)31-23(3)24-9-12-26(13-10-24)32-17-5-4-6-18-32/h7-16,19,23H,4-6,17-18,20H2,1-3H3,(H,31,34). The summed E-state index contributed by atoms with van der Waals surface area (Å²) < 4.78 is 28.5. The van der Waals surface area contributed by atoms with Crippen LogP contribution in [0.3, 0.4) is 0 Å². The first-order chi connectivity index (χ1) is 17.6. The number of hydrogen-bond donors (Lipinski definition) is 1. The fourth-order valence-corrected chi connectivity index (χ4v) is 6.37. The predicted molar refractivity (Wildman–Crippen MR) is 151 cm³/mol. The van der Waals surface area contributed by atoms with Gasteiger partial charge in [0.05, 0.1) is 16.6 Å². The van der Waals surface area contributed by atoms with Crippen LogP contribution in [0.25, 0.3) is 0 Å². The van der Waals surface area contributed by atoms with Crippen molar-refractivity contribution < 1.29 is 13.2 Å². The summed E-state index contributed by atoms with van der Waals surface area (Å²) in [5.74, 6) is -0.391. The molecule has 1 N–H and O–H groups in total. The summed E-state index contributed by atoms with van der Waals surface area (Å²) in [6.45, 7) is 7.37. The third-order valence-corrected chi connectivity index (χ3v) is 8.82. The van der Waals surface area contributed by atoms with Crippen molar-refractivity contribution >= 4 is 38.9 Å². The van der Waals surface area contributed by atoms with Crippen molar-refractivity contribution in [3.8, 4) is 0 Å². The summed E-state index contributed by atoms with van der Waals surface area (Å²) in [4.78, 5) is 15.7. The van der Waals surface area contributed by atoms with E-state index in [2.05, 4.69) is 22.3 Å². The Balaban J connectivity index is 1.53. The first-order valence-corrected chi connectivity index (χ1v) is 14.5. The summed E-state index contributed by atoms with van der Waals surface area (Å²) in [6, 6.07) is 19.5. The lowest BCUT2D eigenvalue weighted by molar-refractivity contribution is -0.120. The van der Waals surface area contributed by atoms with Crippen molar-refractivity contribution in [2.45, 2.75) is 51.0 Å². The second kappa shape index (κ2) is 11.6. The summed E-state index contributed by atoms with van der Waals surface area (Å²) >= 11 is 6.12. The zero-order valence-corrected chi connectivity index (χ0v) is 23.1. The third-order valence-electron chi connectivity index (χ3n) is 6.82. The van der Waals surface area contributed by atoms with Gasteiger partial charge in [-0.15, -0.1) is 0 Å². The van der Waals surface area contributed by atoms with E-state index >= 15 is 0 Å². The van der Waals surface area contributed by atoms with Crippen LogP contribution in [0, 0.1) is 13.8 Å². The maximum atomic E-state index is 13.7. The van der Waals surface area contributed by atoms with Crippen LogP contribution in [0.4, 0.5) is 11.4 Å². The van der Waals surface area contributed by atoms with Gasteiger partial charge in [0.15, 0.2) is 0 Å². The van der Waals surface area contributed by atoms with Gasteiger partial charge in [-0.05, 0) is 93.6 Å². The number of hydrogen-bond acceptors (Lipinski definition) is 4. The molecule has 3 aromatic rings. The molecule has 3 aromatic carbocycles. The lowest BCUT2D eigenvalue weighted by Gasteiger charge is -2.29. The third kappa shape index (κ3) is 6.46. The molecule has 1 saturated heterocycles. The Kier molecular flexibility index (Phi) is 8.45. The van der Waals surface area contributed by atoms with Crippen molar-refractivity contribution in [3.63, 3.8) is 0 Å². The number of carbonyl (C=O) groups excluding carboxylic acids is 1. The summed E-state index contributed by atoms with van der Waals surface area (Å²) in [7, 11) is -4.00. The molecule has 0 spiro atoms. The van der Waals surface area contributed by atoms with Crippen molar-refractivity contribution in [3.05, 3.63) is 88.4 Å². The molecule has 1 aliphatic heterocycles. The highest BCUT2D eigenvalue weighted by molar-refractivity contribution is 7.92. The molecule has 0 radical (unpaired) electrons. The molecular weight excluding hydrogens is 506 g/mol. The lowest BCUT2D eigenvalue weighted by Crippen LogP contribution is -2.42. The minimum atomic E-state index is -4.00. The Bertz CT molecular complexity index is 1340. The number of sulfonamides is 1. The first-order valence-electron chi connectivity index (χ1n) is 12.6. The second-order valence-electron chi connectivity index (χ2n) is 9.68. The van der Waals surface area contributed by atoms with Crippen molar-refractivity contribution in [2.75, 3.05) is 28.8 Å². The number of nitrogens with zero attached hydrogens (tertiary/aromatic N) is 2. The number of nitrogens with one attached hydrogen (secondary N) is 1. The summed E-state index contributed by atoms with van der Waals surface area (Å²) in [5.41, 5.74) is 4.18. The number of halogens is 1. The number of rotatable bonds is 8. The number of benzene rings is 3. The van der Waals surface area contributed by atoms with Crippen LogP contribution in [0.5, 0.6) is 0 Å². The van der Waals surface area contributed by atoms with E-state index in [9.17, 15) is 13.2 Å². The Morgan fingerprint density at radius 3 is 2.24 bits per heavy atom. The fourth-order valence-electron chi connectivity index (χ4n) is 4.66. The van der Waals surface area contributed by atoms with Crippen LogP contribution in [-0.2, 0) is 14.8 Å². The Morgan fingerprint density at radius 2 is 1.62 bits per heavy atom. The minimum Gasteiger partial charge on any atom is -0.372 e.